The first-order valence-corrected chi connectivity index (χ1v) is 11.9. The van der Waals surface area contributed by atoms with Crippen LogP contribution < -0.4 is 10.6 Å². The fourth-order valence-corrected chi connectivity index (χ4v) is 5.66. The maximum absolute atomic E-state index is 5.37. The van der Waals surface area contributed by atoms with Crippen LogP contribution in [0.1, 0.15) is 12.8 Å². The summed E-state index contributed by atoms with van der Waals surface area (Å²) in [5.41, 5.74) is 0. The van der Waals surface area contributed by atoms with Gasteiger partial charge in [-0.2, -0.15) is 0 Å². The van der Waals surface area contributed by atoms with Gasteiger partial charge in [-0.3, -0.25) is 0 Å². The number of rotatable bonds is 16. The van der Waals surface area contributed by atoms with Crippen LogP contribution in [0.4, 0.5) is 0 Å². The molecule has 0 radical (unpaired) electrons. The van der Waals surface area contributed by atoms with Crippen molar-refractivity contribution in [2.24, 2.45) is 0 Å². The normalized spacial score (nSPS) is 12.8. The molecular weight excluding hydrogens is 348 g/mol. The Bertz CT molecular complexity index is 282. The van der Waals surface area contributed by atoms with Gasteiger partial charge in [0.1, 0.15) is 0 Å². The van der Waals surface area contributed by atoms with Crippen molar-refractivity contribution < 1.29 is 26.6 Å². The van der Waals surface area contributed by atoms with Crippen molar-refractivity contribution in [1.29, 1.82) is 0 Å². The molecule has 0 rings (SSSR count). The van der Waals surface area contributed by atoms with Gasteiger partial charge in [-0.15, -0.1) is 0 Å². The van der Waals surface area contributed by atoms with Crippen LogP contribution in [-0.4, -0.2) is 73.4 Å². The molecule has 0 aromatic carbocycles. The van der Waals surface area contributed by atoms with Gasteiger partial charge >= 0.3 is 17.6 Å². The van der Waals surface area contributed by atoms with E-state index in [-0.39, 0.29) is 0 Å². The predicted molar refractivity (Wildman–Crippen MR) is 97.6 cm³/mol. The summed E-state index contributed by atoms with van der Waals surface area (Å²) in [5.74, 6) is 0. The van der Waals surface area contributed by atoms with Crippen molar-refractivity contribution in [3.8, 4) is 0 Å². The van der Waals surface area contributed by atoms with E-state index in [4.69, 9.17) is 26.6 Å². The predicted octanol–water partition coefficient (Wildman–Crippen LogP) is 1.17. The van der Waals surface area contributed by atoms with E-state index in [1.807, 2.05) is 12.4 Å². The molecule has 0 aromatic heterocycles. The first-order chi connectivity index (χ1) is 11.6. The van der Waals surface area contributed by atoms with Gasteiger partial charge in [-0.05, 0) is 12.8 Å². The van der Waals surface area contributed by atoms with Gasteiger partial charge in [0.05, 0.1) is 0 Å². The molecule has 10 heteroatoms. The molecule has 0 aliphatic rings. The summed E-state index contributed by atoms with van der Waals surface area (Å²) in [4.78, 5) is 0. The summed E-state index contributed by atoms with van der Waals surface area (Å²) in [6, 6.07) is 1.56. The van der Waals surface area contributed by atoms with Gasteiger partial charge in [0.15, 0.2) is 0 Å². The highest BCUT2D eigenvalue weighted by Gasteiger charge is 2.37. The Labute approximate surface area is 148 Å². The maximum atomic E-state index is 5.37. The largest absolute Gasteiger partial charge is 0.500 e. The Hall–Kier alpha value is -0.466. The lowest BCUT2D eigenvalue weighted by Gasteiger charge is -2.24. The molecule has 2 N–H and O–H groups in total. The molecule has 0 saturated heterocycles. The first-order valence-electron chi connectivity index (χ1n) is 8.00. The molecule has 0 heterocycles. The van der Waals surface area contributed by atoms with Crippen LogP contribution in [0.15, 0.2) is 12.4 Å². The summed E-state index contributed by atoms with van der Waals surface area (Å²) in [5, 5.41) is 6.44. The topological polar surface area (TPSA) is 79.4 Å². The zero-order valence-corrected chi connectivity index (χ0v) is 17.8. The fourth-order valence-electron chi connectivity index (χ4n) is 2.21. The third kappa shape index (κ3) is 8.58. The highest BCUT2D eigenvalue weighted by molar-refractivity contribution is 6.60. The van der Waals surface area contributed by atoms with Crippen LogP contribution in [0.2, 0.25) is 12.1 Å². The molecule has 0 bridgehead atoms. The minimum atomic E-state index is -2.44. The lowest BCUT2D eigenvalue weighted by Crippen LogP contribution is -2.43. The molecule has 0 unspecified atom stereocenters. The summed E-state index contributed by atoms with van der Waals surface area (Å²) in [7, 11) is 4.89. The van der Waals surface area contributed by atoms with Gasteiger partial charge in [-0.1, -0.05) is 0 Å². The van der Waals surface area contributed by atoms with E-state index in [0.29, 0.717) is 0 Å². The molecule has 0 saturated carbocycles. The third-order valence-electron chi connectivity index (χ3n) is 3.79. The van der Waals surface area contributed by atoms with E-state index >= 15 is 0 Å². The zero-order chi connectivity index (χ0) is 18.3. The van der Waals surface area contributed by atoms with Gasteiger partial charge < -0.3 is 37.2 Å². The number of hydrogen-bond acceptors (Lipinski definition) is 8. The standard InChI is InChI=1S/C14H34N2O6Si2/c1-17-23(18-2,19-3)13-7-9-15-11-12-16-10-8-14-24(20-4,21-5)22-6/h11-12,15-16H,7-10,13-14H2,1-6H3/b12-11+. The number of hydrogen-bond donors (Lipinski definition) is 2. The average Bonchev–Trinajstić information content (AvgIpc) is 2.64. The summed E-state index contributed by atoms with van der Waals surface area (Å²) < 4.78 is 32.2. The maximum Gasteiger partial charge on any atom is 0.500 e. The average molecular weight is 383 g/mol. The van der Waals surface area contributed by atoms with Gasteiger partial charge in [0, 0.05) is 80.2 Å². The van der Waals surface area contributed by atoms with Crippen LogP contribution in [0.25, 0.3) is 0 Å². The Kier molecular flexibility index (Phi) is 13.5. The Morgan fingerprint density at radius 3 is 1.12 bits per heavy atom. The molecule has 0 aliphatic heterocycles. The Balaban J connectivity index is 3.74. The van der Waals surface area contributed by atoms with Crippen LogP contribution in [0.3, 0.4) is 0 Å². The van der Waals surface area contributed by atoms with Crippen molar-refractivity contribution in [2.45, 2.75) is 24.9 Å². The molecule has 0 aromatic rings. The molecule has 8 nitrogen and oxygen atoms in total. The molecule has 0 amide bonds. The Morgan fingerprint density at radius 1 is 0.583 bits per heavy atom. The molecule has 0 fully saturated rings. The summed E-state index contributed by atoms with van der Waals surface area (Å²) in [6.07, 6.45) is 5.61. The van der Waals surface area contributed by atoms with Crippen molar-refractivity contribution in [2.75, 3.05) is 55.7 Å². The second kappa shape index (κ2) is 13.8. The molecular formula is C14H34N2O6Si2. The second-order valence-electron chi connectivity index (χ2n) is 5.04. The molecule has 0 spiro atoms. The minimum Gasteiger partial charge on any atom is -0.390 e. The van der Waals surface area contributed by atoms with E-state index in [9.17, 15) is 0 Å². The lowest BCUT2D eigenvalue weighted by atomic mass is 10.5. The number of nitrogens with one attached hydrogen (secondary N) is 2. The lowest BCUT2D eigenvalue weighted by molar-refractivity contribution is 0.122. The van der Waals surface area contributed by atoms with Crippen molar-refractivity contribution in [1.82, 2.24) is 10.6 Å². The van der Waals surface area contributed by atoms with Crippen LogP contribution in [0.5, 0.6) is 0 Å². The van der Waals surface area contributed by atoms with Crippen LogP contribution in [-0.2, 0) is 26.6 Å². The van der Waals surface area contributed by atoms with Crippen LogP contribution >= 0.6 is 0 Å². The van der Waals surface area contributed by atoms with Gasteiger partial charge in [0.2, 0.25) is 0 Å². The smallest absolute Gasteiger partial charge is 0.390 e. The van der Waals surface area contributed by atoms with Crippen LogP contribution in [0, 0.1) is 0 Å². The van der Waals surface area contributed by atoms with E-state index in [1.54, 1.807) is 42.7 Å². The Morgan fingerprint density at radius 2 is 0.875 bits per heavy atom. The van der Waals surface area contributed by atoms with Gasteiger partial charge in [0.25, 0.3) is 0 Å². The molecule has 0 atom stereocenters. The summed E-state index contributed by atoms with van der Waals surface area (Å²) >= 11 is 0. The van der Waals surface area contributed by atoms with E-state index in [2.05, 4.69) is 10.6 Å². The molecule has 24 heavy (non-hydrogen) atoms. The van der Waals surface area contributed by atoms with E-state index < -0.39 is 17.6 Å². The van der Waals surface area contributed by atoms with Crippen molar-refractivity contribution in [3.05, 3.63) is 12.4 Å². The van der Waals surface area contributed by atoms with Crippen molar-refractivity contribution >= 4 is 17.6 Å². The highest BCUT2D eigenvalue weighted by Crippen LogP contribution is 2.15. The molecule has 144 valence electrons. The first kappa shape index (κ1) is 23.5. The minimum absolute atomic E-state index is 0.780. The fraction of sp³-hybridized carbons (Fsp3) is 0.857. The zero-order valence-electron chi connectivity index (χ0n) is 15.8. The summed E-state index contributed by atoms with van der Waals surface area (Å²) in [6.45, 7) is 1.66. The molecule has 0 aliphatic carbocycles. The van der Waals surface area contributed by atoms with E-state index in [1.165, 1.54) is 0 Å². The van der Waals surface area contributed by atoms with Crippen molar-refractivity contribution in [3.63, 3.8) is 0 Å². The van der Waals surface area contributed by atoms with E-state index in [0.717, 1.165) is 38.0 Å². The monoisotopic (exact) mass is 382 g/mol. The quantitative estimate of drug-likeness (QED) is 0.304. The third-order valence-corrected chi connectivity index (χ3v) is 9.46. The highest BCUT2D eigenvalue weighted by atomic mass is 28.4. The SMILES string of the molecule is CO[Si](CCCN/C=C/NCCC[Si](OC)(OC)OC)(OC)OC. The van der Waals surface area contributed by atoms with Gasteiger partial charge in [-0.25, -0.2) is 0 Å². The second-order valence-corrected chi connectivity index (χ2v) is 11.2.